The van der Waals surface area contributed by atoms with E-state index in [9.17, 15) is 8.42 Å². The number of hydrogen-bond acceptors (Lipinski definition) is 4. The minimum Gasteiger partial charge on any atom is -0.292 e. The van der Waals surface area contributed by atoms with Gasteiger partial charge in [0.25, 0.3) is 0 Å². The zero-order valence-corrected chi connectivity index (χ0v) is 11.9. The number of hydrogen-bond donors (Lipinski definition) is 1. The molecule has 1 N–H and O–H groups in total. The van der Waals surface area contributed by atoms with Gasteiger partial charge in [0.1, 0.15) is 0 Å². The number of rotatable bonds is 4. The minimum absolute atomic E-state index is 0.0917. The first-order chi connectivity index (χ1) is 9.03. The monoisotopic (exact) mass is 284 g/mol. The van der Waals surface area contributed by atoms with Crippen LogP contribution in [0.3, 0.4) is 0 Å². The minimum atomic E-state index is -3.15. The topological polar surface area (TPSA) is 67.2 Å². The molecular formula is C12H20N4O2S. The molecular weight excluding hydrogens is 264 g/mol. The van der Waals surface area contributed by atoms with Gasteiger partial charge in [0, 0.05) is 31.9 Å². The van der Waals surface area contributed by atoms with Gasteiger partial charge in [-0.15, -0.1) is 0 Å². The van der Waals surface area contributed by atoms with Gasteiger partial charge in [0.05, 0.1) is 18.0 Å². The number of fused-ring (bicyclic) bond motifs is 1. The Labute approximate surface area is 113 Å². The summed E-state index contributed by atoms with van der Waals surface area (Å²) in [6.07, 6.45) is 6.84. The van der Waals surface area contributed by atoms with Crippen LogP contribution in [-0.2, 0) is 16.6 Å². The molecule has 1 saturated carbocycles. The van der Waals surface area contributed by atoms with Crippen LogP contribution in [0.4, 0.5) is 0 Å². The molecule has 0 saturated heterocycles. The van der Waals surface area contributed by atoms with E-state index in [2.05, 4.69) is 14.7 Å². The summed E-state index contributed by atoms with van der Waals surface area (Å²) < 4.78 is 27.1. The molecule has 7 heteroatoms. The highest BCUT2D eigenvalue weighted by molar-refractivity contribution is 7.88. The Balaban J connectivity index is 1.74. The molecule has 6 nitrogen and oxygen atoms in total. The highest BCUT2D eigenvalue weighted by atomic mass is 32.2. The average Bonchev–Trinajstić information content (AvgIpc) is 2.70. The van der Waals surface area contributed by atoms with Crippen LogP contribution >= 0.6 is 0 Å². The molecule has 1 aliphatic heterocycles. The van der Waals surface area contributed by atoms with Crippen LogP contribution in [0.5, 0.6) is 0 Å². The first-order valence-electron chi connectivity index (χ1n) is 6.74. The van der Waals surface area contributed by atoms with Gasteiger partial charge in [-0.2, -0.15) is 5.10 Å². The van der Waals surface area contributed by atoms with Gasteiger partial charge in [-0.05, 0) is 18.9 Å². The van der Waals surface area contributed by atoms with E-state index in [1.165, 1.54) is 31.2 Å². The third-order valence-corrected chi connectivity index (χ3v) is 4.77. The van der Waals surface area contributed by atoms with Gasteiger partial charge < -0.3 is 0 Å². The van der Waals surface area contributed by atoms with E-state index >= 15 is 0 Å². The molecule has 1 fully saturated rings. The van der Waals surface area contributed by atoms with E-state index in [1.54, 1.807) is 6.20 Å². The van der Waals surface area contributed by atoms with E-state index in [-0.39, 0.29) is 6.04 Å². The lowest BCUT2D eigenvalue weighted by Crippen LogP contribution is -2.48. The number of aromatic nitrogens is 2. The maximum Gasteiger partial charge on any atom is 0.208 e. The fourth-order valence-electron chi connectivity index (χ4n) is 2.84. The van der Waals surface area contributed by atoms with Crippen LogP contribution in [-0.4, -0.2) is 48.5 Å². The standard InChI is InChI=1S/C12H20N4O2S/c1-19(17,18)14-7-12-9-15(10-3-2-4-10)8-11-5-6-13-16(11)12/h5-6,10,12,14H,2-4,7-9H2,1H3. The predicted octanol–water partition coefficient (Wildman–Crippen LogP) is 0.341. The van der Waals surface area contributed by atoms with E-state index in [1.807, 2.05) is 10.7 Å². The summed E-state index contributed by atoms with van der Waals surface area (Å²) in [5, 5.41) is 4.33. The lowest BCUT2D eigenvalue weighted by atomic mass is 9.90. The summed E-state index contributed by atoms with van der Waals surface area (Å²) >= 11 is 0. The van der Waals surface area contributed by atoms with Gasteiger partial charge in [0.15, 0.2) is 0 Å². The van der Waals surface area contributed by atoms with Crippen molar-refractivity contribution in [2.24, 2.45) is 0 Å². The number of nitrogens with zero attached hydrogens (tertiary/aromatic N) is 3. The molecule has 0 spiro atoms. The summed E-state index contributed by atoms with van der Waals surface area (Å²) in [5.74, 6) is 0. The molecule has 1 aromatic rings. The normalized spacial score (nSPS) is 25.0. The van der Waals surface area contributed by atoms with Crippen molar-refractivity contribution in [2.75, 3.05) is 19.3 Å². The van der Waals surface area contributed by atoms with Crippen LogP contribution < -0.4 is 4.72 Å². The second-order valence-electron chi connectivity index (χ2n) is 5.56. The quantitative estimate of drug-likeness (QED) is 0.866. The molecule has 1 atom stereocenters. The highest BCUT2D eigenvalue weighted by Gasteiger charge is 2.32. The fourth-order valence-corrected chi connectivity index (χ4v) is 3.34. The molecule has 1 unspecified atom stereocenters. The molecule has 2 aliphatic rings. The molecule has 106 valence electrons. The summed E-state index contributed by atoms with van der Waals surface area (Å²) in [5.41, 5.74) is 1.18. The second-order valence-corrected chi connectivity index (χ2v) is 7.39. The molecule has 19 heavy (non-hydrogen) atoms. The van der Waals surface area contributed by atoms with Gasteiger partial charge >= 0.3 is 0 Å². The zero-order valence-electron chi connectivity index (χ0n) is 11.1. The van der Waals surface area contributed by atoms with E-state index in [4.69, 9.17) is 0 Å². The highest BCUT2D eigenvalue weighted by Crippen LogP contribution is 2.30. The fraction of sp³-hybridized carbons (Fsp3) is 0.750. The molecule has 0 bridgehead atoms. The molecule has 0 aromatic carbocycles. The van der Waals surface area contributed by atoms with Crippen molar-refractivity contribution in [1.82, 2.24) is 19.4 Å². The van der Waals surface area contributed by atoms with Crippen LogP contribution in [0.1, 0.15) is 31.0 Å². The van der Waals surface area contributed by atoms with Crippen molar-refractivity contribution < 1.29 is 8.42 Å². The summed E-state index contributed by atoms with van der Waals surface area (Å²) in [7, 11) is -3.15. The third kappa shape index (κ3) is 2.82. The van der Waals surface area contributed by atoms with Crippen molar-refractivity contribution >= 4 is 10.0 Å². The summed E-state index contributed by atoms with van der Waals surface area (Å²) in [4.78, 5) is 2.47. The molecule has 1 aliphatic carbocycles. The third-order valence-electron chi connectivity index (χ3n) is 4.08. The van der Waals surface area contributed by atoms with Gasteiger partial charge in [-0.25, -0.2) is 13.1 Å². The second kappa shape index (κ2) is 4.88. The lowest BCUT2D eigenvalue weighted by molar-refractivity contribution is 0.0763. The van der Waals surface area contributed by atoms with Gasteiger partial charge in [-0.3, -0.25) is 9.58 Å². The zero-order chi connectivity index (χ0) is 13.5. The largest absolute Gasteiger partial charge is 0.292 e. The first kappa shape index (κ1) is 13.1. The number of nitrogens with one attached hydrogen (secondary N) is 1. The average molecular weight is 284 g/mol. The Kier molecular flexibility index (Phi) is 3.36. The van der Waals surface area contributed by atoms with Crippen molar-refractivity contribution in [2.45, 2.75) is 37.9 Å². The van der Waals surface area contributed by atoms with Gasteiger partial charge in [-0.1, -0.05) is 6.42 Å². The lowest BCUT2D eigenvalue weighted by Gasteiger charge is -2.42. The van der Waals surface area contributed by atoms with Crippen molar-refractivity contribution in [1.29, 1.82) is 0 Å². The number of sulfonamides is 1. The first-order valence-corrected chi connectivity index (χ1v) is 8.63. The van der Waals surface area contributed by atoms with Crippen LogP contribution in [0, 0.1) is 0 Å². The van der Waals surface area contributed by atoms with Crippen LogP contribution in [0.15, 0.2) is 12.3 Å². The Bertz CT molecular complexity index is 550. The Morgan fingerprint density at radius 3 is 2.89 bits per heavy atom. The van der Waals surface area contributed by atoms with Crippen molar-refractivity contribution in [3.63, 3.8) is 0 Å². The summed E-state index contributed by atoms with van der Waals surface area (Å²) in [6, 6.07) is 2.79. The van der Waals surface area contributed by atoms with Crippen molar-refractivity contribution in [3.05, 3.63) is 18.0 Å². The Morgan fingerprint density at radius 2 is 2.26 bits per heavy atom. The molecule has 3 rings (SSSR count). The maximum absolute atomic E-state index is 11.3. The Hall–Kier alpha value is -0.920. The molecule has 0 radical (unpaired) electrons. The SMILES string of the molecule is CS(=O)(=O)NCC1CN(C2CCC2)Cc2ccnn21. The molecule has 1 aromatic heterocycles. The van der Waals surface area contributed by atoms with Crippen LogP contribution in [0.2, 0.25) is 0 Å². The smallest absolute Gasteiger partial charge is 0.208 e. The van der Waals surface area contributed by atoms with E-state index < -0.39 is 10.0 Å². The summed E-state index contributed by atoms with van der Waals surface area (Å²) in [6.45, 7) is 2.22. The van der Waals surface area contributed by atoms with Crippen LogP contribution in [0.25, 0.3) is 0 Å². The molecule has 2 heterocycles. The Morgan fingerprint density at radius 1 is 1.47 bits per heavy atom. The van der Waals surface area contributed by atoms with Gasteiger partial charge in [0.2, 0.25) is 10.0 Å². The van der Waals surface area contributed by atoms with E-state index in [0.717, 1.165) is 13.1 Å². The van der Waals surface area contributed by atoms with E-state index in [0.29, 0.717) is 12.6 Å². The maximum atomic E-state index is 11.3. The molecule has 0 amide bonds. The predicted molar refractivity (Wildman–Crippen MR) is 72.2 cm³/mol. The van der Waals surface area contributed by atoms with Crippen molar-refractivity contribution in [3.8, 4) is 0 Å².